The van der Waals surface area contributed by atoms with E-state index in [2.05, 4.69) is 25.7 Å². The molecular formula is C18H17N5OS. The van der Waals surface area contributed by atoms with Gasteiger partial charge in [-0.25, -0.2) is 4.85 Å². The molecule has 1 atom stereocenters. The Morgan fingerprint density at radius 2 is 2.24 bits per heavy atom. The minimum Gasteiger partial charge on any atom is -0.509 e. The SMILES string of the molecule is [C-]#[N+]c1ccc(-c2nnc(N[C@@H]3CCCNC3)c3sccc23)c(O)c1. The molecule has 2 aromatic heterocycles. The van der Waals surface area contributed by atoms with E-state index in [4.69, 9.17) is 6.57 Å². The fourth-order valence-electron chi connectivity index (χ4n) is 3.13. The summed E-state index contributed by atoms with van der Waals surface area (Å²) in [5.74, 6) is 0.840. The first kappa shape index (κ1) is 15.8. The van der Waals surface area contributed by atoms with Gasteiger partial charge in [0.15, 0.2) is 11.5 Å². The number of nitrogens with one attached hydrogen (secondary N) is 2. The number of thiophene rings is 1. The predicted octanol–water partition coefficient (Wildman–Crippen LogP) is 3.78. The number of piperidine rings is 1. The number of phenols is 1. The lowest BCUT2D eigenvalue weighted by atomic mass is 10.1. The van der Waals surface area contributed by atoms with Crippen molar-refractivity contribution in [2.75, 3.05) is 18.4 Å². The van der Waals surface area contributed by atoms with Crippen LogP contribution >= 0.6 is 11.3 Å². The summed E-state index contributed by atoms with van der Waals surface area (Å²) in [5.41, 5.74) is 1.63. The van der Waals surface area contributed by atoms with Crippen molar-refractivity contribution in [1.82, 2.24) is 15.5 Å². The van der Waals surface area contributed by atoms with Gasteiger partial charge in [-0.2, -0.15) is 0 Å². The van der Waals surface area contributed by atoms with Gasteiger partial charge < -0.3 is 15.7 Å². The minimum atomic E-state index is 0.0486. The average Bonchev–Trinajstić information content (AvgIpc) is 3.13. The van der Waals surface area contributed by atoms with E-state index in [1.807, 2.05) is 11.4 Å². The van der Waals surface area contributed by atoms with Crippen molar-refractivity contribution in [3.63, 3.8) is 0 Å². The van der Waals surface area contributed by atoms with Crippen molar-refractivity contribution in [2.45, 2.75) is 18.9 Å². The van der Waals surface area contributed by atoms with Crippen LogP contribution in [0.3, 0.4) is 0 Å². The minimum absolute atomic E-state index is 0.0486. The Hall–Kier alpha value is -2.69. The van der Waals surface area contributed by atoms with E-state index >= 15 is 0 Å². The molecule has 0 aliphatic carbocycles. The molecule has 3 aromatic rings. The van der Waals surface area contributed by atoms with Crippen LogP contribution in [0.15, 0.2) is 29.6 Å². The summed E-state index contributed by atoms with van der Waals surface area (Å²) in [6, 6.07) is 7.22. The number of fused-ring (bicyclic) bond motifs is 1. The Labute approximate surface area is 149 Å². The molecule has 3 N–H and O–H groups in total. The normalized spacial score (nSPS) is 17.3. The molecule has 25 heavy (non-hydrogen) atoms. The second-order valence-corrected chi connectivity index (χ2v) is 6.98. The monoisotopic (exact) mass is 351 g/mol. The fourth-order valence-corrected chi connectivity index (χ4v) is 3.97. The summed E-state index contributed by atoms with van der Waals surface area (Å²) < 4.78 is 1.03. The molecule has 0 saturated carbocycles. The molecule has 0 amide bonds. The van der Waals surface area contributed by atoms with Gasteiger partial charge in [-0.05, 0) is 36.9 Å². The lowest BCUT2D eigenvalue weighted by molar-refractivity contribution is 0.477. The van der Waals surface area contributed by atoms with Crippen molar-refractivity contribution in [3.8, 4) is 17.0 Å². The highest BCUT2D eigenvalue weighted by Gasteiger charge is 2.18. The first-order valence-corrected chi connectivity index (χ1v) is 9.06. The predicted molar refractivity (Wildman–Crippen MR) is 100 cm³/mol. The quantitative estimate of drug-likeness (QED) is 0.626. The Kier molecular flexibility index (Phi) is 4.22. The van der Waals surface area contributed by atoms with Crippen LogP contribution in [0.25, 0.3) is 26.2 Å². The number of phenolic OH excluding ortho intramolecular Hbond substituents is 1. The number of anilines is 1. The van der Waals surface area contributed by atoms with Crippen LogP contribution in [0.1, 0.15) is 12.8 Å². The summed E-state index contributed by atoms with van der Waals surface area (Å²) in [7, 11) is 0. The third-order valence-electron chi connectivity index (χ3n) is 4.39. The Bertz CT molecular complexity index is 956. The molecule has 1 aliphatic heterocycles. The largest absolute Gasteiger partial charge is 0.509 e. The van der Waals surface area contributed by atoms with Crippen molar-refractivity contribution in [3.05, 3.63) is 41.1 Å². The van der Waals surface area contributed by atoms with Gasteiger partial charge >= 0.3 is 0 Å². The highest BCUT2D eigenvalue weighted by atomic mass is 32.1. The third kappa shape index (κ3) is 3.02. The molecule has 126 valence electrons. The average molecular weight is 351 g/mol. The highest BCUT2D eigenvalue weighted by Crippen LogP contribution is 2.38. The van der Waals surface area contributed by atoms with E-state index in [0.717, 1.165) is 41.8 Å². The van der Waals surface area contributed by atoms with Crippen molar-refractivity contribution in [1.29, 1.82) is 0 Å². The van der Waals surface area contributed by atoms with Gasteiger partial charge in [-0.3, -0.25) is 0 Å². The summed E-state index contributed by atoms with van der Waals surface area (Å²) >= 11 is 1.61. The maximum absolute atomic E-state index is 10.3. The van der Waals surface area contributed by atoms with Crippen LogP contribution in [0.2, 0.25) is 0 Å². The van der Waals surface area contributed by atoms with Crippen LogP contribution in [0.5, 0.6) is 5.75 Å². The highest BCUT2D eigenvalue weighted by molar-refractivity contribution is 7.17. The van der Waals surface area contributed by atoms with Crippen molar-refractivity contribution >= 4 is 32.9 Å². The maximum Gasteiger partial charge on any atom is 0.190 e. The van der Waals surface area contributed by atoms with Crippen LogP contribution in [0, 0.1) is 6.57 Å². The lowest BCUT2D eigenvalue weighted by Gasteiger charge is -2.24. The summed E-state index contributed by atoms with van der Waals surface area (Å²) in [6.07, 6.45) is 2.26. The van der Waals surface area contributed by atoms with Gasteiger partial charge in [0.2, 0.25) is 0 Å². The van der Waals surface area contributed by atoms with Crippen LogP contribution in [-0.4, -0.2) is 34.4 Å². The van der Waals surface area contributed by atoms with Gasteiger partial charge in [0, 0.05) is 23.5 Å². The topological polar surface area (TPSA) is 74.4 Å². The summed E-state index contributed by atoms with van der Waals surface area (Å²) in [6.45, 7) is 9.04. The molecule has 3 heterocycles. The standard InChI is InChI=1S/C18H17N5OS/c1-19-11-4-5-13(15(24)9-11)16-14-6-8-25-17(14)18(23-22-16)21-12-3-2-7-20-10-12/h4-6,8-9,12,20,24H,2-3,7,10H2,(H,21,23)/t12-/m1/s1. The van der Waals surface area contributed by atoms with E-state index in [-0.39, 0.29) is 5.75 Å². The smallest absolute Gasteiger partial charge is 0.190 e. The molecular weight excluding hydrogens is 334 g/mol. The van der Waals surface area contributed by atoms with Gasteiger partial charge in [-0.15, -0.1) is 21.5 Å². The van der Waals surface area contributed by atoms with Crippen LogP contribution < -0.4 is 10.6 Å². The Morgan fingerprint density at radius 3 is 3.00 bits per heavy atom. The molecule has 1 fully saturated rings. The molecule has 1 aliphatic rings. The number of aromatic nitrogens is 2. The van der Waals surface area contributed by atoms with Gasteiger partial charge in [0.1, 0.15) is 11.4 Å². The number of rotatable bonds is 3. The second kappa shape index (κ2) is 6.67. The number of hydrogen-bond donors (Lipinski definition) is 3. The summed E-state index contributed by atoms with van der Waals surface area (Å²) in [4.78, 5) is 3.34. The lowest BCUT2D eigenvalue weighted by Crippen LogP contribution is -2.38. The van der Waals surface area contributed by atoms with E-state index in [1.165, 1.54) is 6.07 Å². The number of benzene rings is 1. The van der Waals surface area contributed by atoms with Gasteiger partial charge in [0.05, 0.1) is 11.3 Å². The molecule has 1 saturated heterocycles. The first-order chi connectivity index (χ1) is 12.3. The number of nitrogens with zero attached hydrogens (tertiary/aromatic N) is 3. The first-order valence-electron chi connectivity index (χ1n) is 8.18. The van der Waals surface area contributed by atoms with E-state index in [9.17, 15) is 5.11 Å². The molecule has 4 rings (SSSR count). The second-order valence-electron chi connectivity index (χ2n) is 6.06. The number of aromatic hydroxyl groups is 1. The van der Waals surface area contributed by atoms with Crippen LogP contribution in [0.4, 0.5) is 11.5 Å². The molecule has 0 bridgehead atoms. The fraction of sp³-hybridized carbons (Fsp3) is 0.278. The van der Waals surface area contributed by atoms with E-state index in [0.29, 0.717) is 23.0 Å². The third-order valence-corrected chi connectivity index (χ3v) is 5.31. The van der Waals surface area contributed by atoms with Gasteiger partial charge in [-0.1, -0.05) is 12.1 Å². The zero-order valence-electron chi connectivity index (χ0n) is 13.5. The zero-order valence-corrected chi connectivity index (χ0v) is 14.3. The Morgan fingerprint density at radius 1 is 1.32 bits per heavy atom. The number of hydrogen-bond acceptors (Lipinski definition) is 6. The van der Waals surface area contributed by atoms with E-state index < -0.39 is 0 Å². The molecule has 0 spiro atoms. The molecule has 0 radical (unpaired) electrons. The molecule has 1 aromatic carbocycles. The van der Waals surface area contributed by atoms with Crippen molar-refractivity contribution < 1.29 is 5.11 Å². The van der Waals surface area contributed by atoms with E-state index in [1.54, 1.807) is 23.5 Å². The maximum atomic E-state index is 10.3. The van der Waals surface area contributed by atoms with Crippen LogP contribution in [-0.2, 0) is 0 Å². The summed E-state index contributed by atoms with van der Waals surface area (Å²) in [5, 5.41) is 28.9. The Balaban J connectivity index is 1.74. The molecule has 7 heteroatoms. The molecule has 6 nitrogen and oxygen atoms in total. The van der Waals surface area contributed by atoms with Crippen molar-refractivity contribution in [2.24, 2.45) is 0 Å². The van der Waals surface area contributed by atoms with Gasteiger partial charge in [0.25, 0.3) is 0 Å². The molecule has 0 unspecified atom stereocenters. The zero-order chi connectivity index (χ0) is 17.2.